The molecule has 1 unspecified atom stereocenters. The number of anilines is 2. The molecule has 1 amide bonds. The van der Waals surface area contributed by atoms with E-state index in [1.807, 2.05) is 0 Å². The molecule has 1 heterocycles. The smallest absolute Gasteiger partial charge is 0.262 e. The normalized spacial score (nSPS) is 18.9. The van der Waals surface area contributed by atoms with Crippen LogP contribution in [0, 0.1) is 5.82 Å². The van der Waals surface area contributed by atoms with Crippen LogP contribution in [0.25, 0.3) is 0 Å². The summed E-state index contributed by atoms with van der Waals surface area (Å²) in [6.45, 7) is 0. The minimum absolute atomic E-state index is 0.0841. The number of nitrogens with one attached hydrogen (secondary N) is 3. The molecule has 22 heavy (non-hydrogen) atoms. The van der Waals surface area contributed by atoms with Crippen molar-refractivity contribution in [2.24, 2.45) is 0 Å². The number of amides is 1. The SMILES string of the molecule is O=C(Nc1ccc(F)cc1)C1Nc2ccccc2S(=O)(=O)N1. The number of carbonyl (C=O) groups is 1. The summed E-state index contributed by atoms with van der Waals surface area (Å²) in [6.07, 6.45) is -1.15. The molecule has 0 bridgehead atoms. The Morgan fingerprint density at radius 2 is 1.77 bits per heavy atom. The highest BCUT2D eigenvalue weighted by Crippen LogP contribution is 2.25. The Balaban J connectivity index is 1.82. The lowest BCUT2D eigenvalue weighted by atomic mass is 10.3. The van der Waals surface area contributed by atoms with Crippen LogP contribution in [0.2, 0.25) is 0 Å². The Morgan fingerprint density at radius 1 is 1.09 bits per heavy atom. The topological polar surface area (TPSA) is 87.3 Å². The molecule has 2 aromatic rings. The molecule has 3 rings (SSSR count). The number of rotatable bonds is 2. The van der Waals surface area contributed by atoms with Crippen molar-refractivity contribution in [3.63, 3.8) is 0 Å². The molecule has 0 saturated heterocycles. The van der Waals surface area contributed by atoms with E-state index in [9.17, 15) is 17.6 Å². The van der Waals surface area contributed by atoms with E-state index >= 15 is 0 Å². The van der Waals surface area contributed by atoms with Gasteiger partial charge >= 0.3 is 0 Å². The average Bonchev–Trinajstić information content (AvgIpc) is 2.49. The minimum atomic E-state index is -3.77. The van der Waals surface area contributed by atoms with Crippen molar-refractivity contribution in [2.45, 2.75) is 11.1 Å². The second kappa shape index (κ2) is 5.39. The van der Waals surface area contributed by atoms with E-state index in [4.69, 9.17) is 0 Å². The molecule has 1 aliphatic rings. The summed E-state index contributed by atoms with van der Waals surface area (Å²) in [5, 5.41) is 5.32. The molecule has 0 radical (unpaired) electrons. The standard InChI is InChI=1S/C14H12FN3O3S/c15-9-5-7-10(8-6-9)16-14(19)13-17-11-3-1-2-4-12(11)22(20,21)18-13/h1-8,13,17-18H,(H,16,19). The van der Waals surface area contributed by atoms with Gasteiger partial charge in [0.05, 0.1) is 5.69 Å². The van der Waals surface area contributed by atoms with Gasteiger partial charge < -0.3 is 10.6 Å². The molecule has 6 nitrogen and oxygen atoms in total. The maximum absolute atomic E-state index is 12.8. The first kappa shape index (κ1) is 14.5. The lowest BCUT2D eigenvalue weighted by Crippen LogP contribution is -2.51. The molecule has 0 aromatic heterocycles. The van der Waals surface area contributed by atoms with E-state index in [-0.39, 0.29) is 4.90 Å². The van der Waals surface area contributed by atoms with Crippen molar-refractivity contribution in [3.05, 3.63) is 54.3 Å². The van der Waals surface area contributed by atoms with Crippen LogP contribution >= 0.6 is 0 Å². The molecule has 0 aliphatic carbocycles. The van der Waals surface area contributed by atoms with Gasteiger partial charge in [0.1, 0.15) is 10.7 Å². The molecular weight excluding hydrogens is 309 g/mol. The largest absolute Gasteiger partial charge is 0.360 e. The number of fused-ring (bicyclic) bond motifs is 1. The zero-order valence-corrected chi connectivity index (χ0v) is 12.0. The fourth-order valence-electron chi connectivity index (χ4n) is 2.09. The molecule has 0 fully saturated rings. The molecule has 0 saturated carbocycles. The predicted molar refractivity (Wildman–Crippen MR) is 79.2 cm³/mol. The first-order chi connectivity index (χ1) is 10.5. The van der Waals surface area contributed by atoms with Crippen LogP contribution < -0.4 is 15.4 Å². The molecule has 1 atom stereocenters. The van der Waals surface area contributed by atoms with Crippen LogP contribution in [-0.2, 0) is 14.8 Å². The van der Waals surface area contributed by atoms with Gasteiger partial charge in [-0.1, -0.05) is 12.1 Å². The minimum Gasteiger partial charge on any atom is -0.360 e. The summed E-state index contributed by atoms with van der Waals surface area (Å²) < 4.78 is 39.3. The van der Waals surface area contributed by atoms with Crippen molar-refractivity contribution in [1.29, 1.82) is 0 Å². The monoisotopic (exact) mass is 321 g/mol. The second-order valence-corrected chi connectivity index (χ2v) is 6.37. The van der Waals surface area contributed by atoms with Gasteiger partial charge in [-0.15, -0.1) is 0 Å². The third-order valence-electron chi connectivity index (χ3n) is 3.12. The summed E-state index contributed by atoms with van der Waals surface area (Å²) in [5.74, 6) is -1.02. The summed E-state index contributed by atoms with van der Waals surface area (Å²) in [6, 6.07) is 11.5. The van der Waals surface area contributed by atoms with Gasteiger partial charge in [-0.05, 0) is 36.4 Å². The molecule has 2 aromatic carbocycles. The Labute approximate surface area is 126 Å². The van der Waals surface area contributed by atoms with Crippen LogP contribution in [0.5, 0.6) is 0 Å². The average molecular weight is 321 g/mol. The van der Waals surface area contributed by atoms with Gasteiger partial charge in [0.15, 0.2) is 6.17 Å². The van der Waals surface area contributed by atoms with E-state index in [0.29, 0.717) is 11.4 Å². The molecule has 114 valence electrons. The Kier molecular flexibility index (Phi) is 3.55. The van der Waals surface area contributed by atoms with Gasteiger partial charge in [0.25, 0.3) is 5.91 Å². The van der Waals surface area contributed by atoms with Gasteiger partial charge in [0, 0.05) is 5.69 Å². The predicted octanol–water partition coefficient (Wildman–Crippen LogP) is 1.49. The van der Waals surface area contributed by atoms with Gasteiger partial charge in [0.2, 0.25) is 10.0 Å². The summed E-state index contributed by atoms with van der Waals surface area (Å²) >= 11 is 0. The molecule has 0 spiro atoms. The van der Waals surface area contributed by atoms with Crippen LogP contribution in [0.15, 0.2) is 53.4 Å². The second-order valence-electron chi connectivity index (χ2n) is 4.69. The first-order valence-electron chi connectivity index (χ1n) is 6.40. The highest BCUT2D eigenvalue weighted by molar-refractivity contribution is 7.89. The van der Waals surface area contributed by atoms with Crippen molar-refractivity contribution in [3.8, 4) is 0 Å². The van der Waals surface area contributed by atoms with Crippen LogP contribution in [0.3, 0.4) is 0 Å². The fraction of sp³-hybridized carbons (Fsp3) is 0.0714. The highest BCUT2D eigenvalue weighted by atomic mass is 32.2. The van der Waals surface area contributed by atoms with Crippen molar-refractivity contribution in [1.82, 2.24) is 4.72 Å². The molecule has 1 aliphatic heterocycles. The number of carbonyl (C=O) groups excluding carboxylic acids is 1. The summed E-state index contributed by atoms with van der Waals surface area (Å²) in [5.41, 5.74) is 0.715. The van der Waals surface area contributed by atoms with Crippen LogP contribution in [-0.4, -0.2) is 20.5 Å². The fourth-order valence-corrected chi connectivity index (χ4v) is 3.37. The van der Waals surface area contributed by atoms with E-state index in [0.717, 1.165) is 0 Å². The third-order valence-corrected chi connectivity index (χ3v) is 4.60. The number of benzene rings is 2. The van der Waals surface area contributed by atoms with E-state index < -0.39 is 27.9 Å². The van der Waals surface area contributed by atoms with E-state index in [1.54, 1.807) is 18.2 Å². The zero-order valence-electron chi connectivity index (χ0n) is 11.2. The Morgan fingerprint density at radius 3 is 2.50 bits per heavy atom. The van der Waals surface area contributed by atoms with Gasteiger partial charge in [-0.2, -0.15) is 4.72 Å². The van der Waals surface area contributed by atoms with Gasteiger partial charge in [-0.25, -0.2) is 12.8 Å². The number of halogens is 1. The maximum Gasteiger partial charge on any atom is 0.262 e. The number of sulfonamides is 1. The lowest BCUT2D eigenvalue weighted by Gasteiger charge is -2.27. The summed E-state index contributed by atoms with van der Waals surface area (Å²) in [4.78, 5) is 12.2. The highest BCUT2D eigenvalue weighted by Gasteiger charge is 2.32. The van der Waals surface area contributed by atoms with E-state index in [2.05, 4.69) is 15.4 Å². The van der Waals surface area contributed by atoms with Crippen molar-refractivity contribution >= 4 is 27.3 Å². The summed E-state index contributed by atoms with van der Waals surface area (Å²) in [7, 11) is -3.77. The number of hydrogen-bond donors (Lipinski definition) is 3. The molecular formula is C14H12FN3O3S. The van der Waals surface area contributed by atoms with E-state index in [1.165, 1.54) is 30.3 Å². The van der Waals surface area contributed by atoms with Crippen molar-refractivity contribution in [2.75, 3.05) is 10.6 Å². The first-order valence-corrected chi connectivity index (χ1v) is 7.88. The molecule has 8 heteroatoms. The Bertz CT molecular complexity index is 821. The van der Waals surface area contributed by atoms with Crippen LogP contribution in [0.4, 0.5) is 15.8 Å². The van der Waals surface area contributed by atoms with Crippen LogP contribution in [0.1, 0.15) is 0 Å². The quantitative estimate of drug-likeness (QED) is 0.782. The van der Waals surface area contributed by atoms with Crippen molar-refractivity contribution < 1.29 is 17.6 Å². The lowest BCUT2D eigenvalue weighted by molar-refractivity contribution is -0.117. The third kappa shape index (κ3) is 2.78. The number of para-hydroxylation sites is 1. The Hall–Kier alpha value is -2.45. The maximum atomic E-state index is 12.8. The molecule has 3 N–H and O–H groups in total. The number of hydrogen-bond acceptors (Lipinski definition) is 4. The zero-order chi connectivity index (χ0) is 15.7. The van der Waals surface area contributed by atoms with Gasteiger partial charge in [-0.3, -0.25) is 4.79 Å².